The number of ether oxygens (including phenoxy) is 1. The molecule has 3 nitrogen and oxygen atoms in total. The fraction of sp³-hybridized carbons (Fsp3) is 0.214. The van der Waals surface area contributed by atoms with Gasteiger partial charge in [0.15, 0.2) is 0 Å². The molecule has 2 aromatic rings. The second kappa shape index (κ2) is 4.87. The largest absolute Gasteiger partial charge is 0.466 e. The number of hydrogen-bond donors (Lipinski definition) is 0. The Morgan fingerprint density at radius 3 is 2.53 bits per heavy atom. The summed E-state index contributed by atoms with van der Waals surface area (Å²) in [6.07, 6.45) is 0. The third-order valence-corrected chi connectivity index (χ3v) is 2.51. The van der Waals surface area contributed by atoms with Crippen LogP contribution in [-0.4, -0.2) is 5.97 Å². The molecule has 0 bridgehead atoms. The number of benzene rings is 1. The molecule has 0 amide bonds. The highest BCUT2D eigenvalue weighted by Gasteiger charge is 2.09. The topological polar surface area (TPSA) is 39.4 Å². The lowest BCUT2D eigenvalue weighted by Crippen LogP contribution is -2.04. The second-order valence-electron chi connectivity index (χ2n) is 3.88. The minimum atomic E-state index is -0.316. The molecule has 0 unspecified atom stereocenters. The van der Waals surface area contributed by atoms with Crippen molar-refractivity contribution in [1.29, 1.82) is 0 Å². The van der Waals surface area contributed by atoms with E-state index in [1.54, 1.807) is 12.1 Å². The Labute approximate surface area is 100 Å². The zero-order valence-corrected chi connectivity index (χ0v) is 9.90. The minimum absolute atomic E-state index is 0.247. The van der Waals surface area contributed by atoms with E-state index >= 15 is 0 Å². The van der Waals surface area contributed by atoms with E-state index in [2.05, 4.69) is 0 Å². The van der Waals surface area contributed by atoms with Crippen LogP contribution in [0.15, 0.2) is 40.8 Å². The molecule has 0 aliphatic heterocycles. The number of carbonyl (C=O) groups excluding carboxylic acids is 1. The Kier molecular flexibility index (Phi) is 3.28. The van der Waals surface area contributed by atoms with Gasteiger partial charge in [-0.3, -0.25) is 0 Å². The summed E-state index contributed by atoms with van der Waals surface area (Å²) in [5.74, 6) is 1.31. The molecule has 0 aliphatic rings. The van der Waals surface area contributed by atoms with Crippen molar-refractivity contribution in [2.45, 2.75) is 20.5 Å². The van der Waals surface area contributed by atoms with Crippen LogP contribution in [0.4, 0.5) is 0 Å². The van der Waals surface area contributed by atoms with Gasteiger partial charge in [0, 0.05) is 5.56 Å². The van der Waals surface area contributed by atoms with Gasteiger partial charge in [-0.2, -0.15) is 0 Å². The van der Waals surface area contributed by atoms with Crippen molar-refractivity contribution in [3.05, 3.63) is 59.0 Å². The average molecular weight is 230 g/mol. The van der Waals surface area contributed by atoms with Crippen LogP contribution in [-0.2, 0) is 11.3 Å². The standard InChI is InChI=1S/C14H14O3/c1-10-8-13(11(2)17-10)9-16-14(15)12-6-4-3-5-7-12/h3-8H,9H2,1-2H3. The van der Waals surface area contributed by atoms with Gasteiger partial charge in [0.1, 0.15) is 18.1 Å². The van der Waals surface area contributed by atoms with Crippen molar-refractivity contribution in [3.63, 3.8) is 0 Å². The highest BCUT2D eigenvalue weighted by Crippen LogP contribution is 2.15. The maximum Gasteiger partial charge on any atom is 0.338 e. The fourth-order valence-electron chi connectivity index (χ4n) is 1.63. The summed E-state index contributed by atoms with van der Waals surface area (Å²) < 4.78 is 10.6. The van der Waals surface area contributed by atoms with Crippen LogP contribution in [0.3, 0.4) is 0 Å². The third kappa shape index (κ3) is 2.75. The highest BCUT2D eigenvalue weighted by molar-refractivity contribution is 5.89. The monoisotopic (exact) mass is 230 g/mol. The van der Waals surface area contributed by atoms with Gasteiger partial charge in [-0.25, -0.2) is 4.79 Å². The van der Waals surface area contributed by atoms with Crippen molar-refractivity contribution in [3.8, 4) is 0 Å². The number of rotatable bonds is 3. The molecule has 0 spiro atoms. The van der Waals surface area contributed by atoms with E-state index in [1.165, 1.54) is 0 Å². The van der Waals surface area contributed by atoms with E-state index < -0.39 is 0 Å². The second-order valence-corrected chi connectivity index (χ2v) is 3.88. The van der Waals surface area contributed by atoms with Gasteiger partial charge < -0.3 is 9.15 Å². The van der Waals surface area contributed by atoms with Gasteiger partial charge in [-0.05, 0) is 32.0 Å². The van der Waals surface area contributed by atoms with Crippen LogP contribution < -0.4 is 0 Å². The average Bonchev–Trinajstić information content (AvgIpc) is 2.66. The molecule has 17 heavy (non-hydrogen) atoms. The van der Waals surface area contributed by atoms with E-state index in [1.807, 2.05) is 38.1 Å². The van der Waals surface area contributed by atoms with Gasteiger partial charge in [0.25, 0.3) is 0 Å². The number of hydrogen-bond acceptors (Lipinski definition) is 3. The summed E-state index contributed by atoms with van der Waals surface area (Å²) in [5.41, 5.74) is 1.47. The van der Waals surface area contributed by atoms with Gasteiger partial charge in [0.2, 0.25) is 0 Å². The summed E-state index contributed by atoms with van der Waals surface area (Å²) in [7, 11) is 0. The first-order chi connectivity index (χ1) is 8.16. The zero-order valence-electron chi connectivity index (χ0n) is 9.90. The van der Waals surface area contributed by atoms with Crippen LogP contribution in [0.1, 0.15) is 27.4 Å². The minimum Gasteiger partial charge on any atom is -0.466 e. The van der Waals surface area contributed by atoms with Gasteiger partial charge in [-0.1, -0.05) is 18.2 Å². The molecule has 1 aromatic carbocycles. The van der Waals surface area contributed by atoms with Gasteiger partial charge >= 0.3 is 5.97 Å². The van der Waals surface area contributed by atoms with Crippen LogP contribution in [0.2, 0.25) is 0 Å². The highest BCUT2D eigenvalue weighted by atomic mass is 16.5. The quantitative estimate of drug-likeness (QED) is 0.760. The third-order valence-electron chi connectivity index (χ3n) is 2.51. The molecule has 0 atom stereocenters. The predicted molar refractivity (Wildman–Crippen MR) is 63.7 cm³/mol. The Balaban J connectivity index is 1.99. The molecule has 0 N–H and O–H groups in total. The van der Waals surface area contributed by atoms with Crippen LogP contribution >= 0.6 is 0 Å². The Hall–Kier alpha value is -2.03. The zero-order chi connectivity index (χ0) is 12.3. The van der Waals surface area contributed by atoms with Crippen LogP contribution in [0.5, 0.6) is 0 Å². The summed E-state index contributed by atoms with van der Waals surface area (Å²) in [4.78, 5) is 11.7. The van der Waals surface area contributed by atoms with E-state index in [-0.39, 0.29) is 12.6 Å². The van der Waals surface area contributed by atoms with Crippen molar-refractivity contribution >= 4 is 5.97 Å². The lowest BCUT2D eigenvalue weighted by atomic mass is 10.2. The van der Waals surface area contributed by atoms with Gasteiger partial charge in [-0.15, -0.1) is 0 Å². The van der Waals surface area contributed by atoms with Crippen molar-refractivity contribution in [2.24, 2.45) is 0 Å². The van der Waals surface area contributed by atoms with Crippen molar-refractivity contribution in [1.82, 2.24) is 0 Å². The lowest BCUT2D eigenvalue weighted by molar-refractivity contribution is 0.0471. The molecular weight excluding hydrogens is 216 g/mol. The molecule has 2 rings (SSSR count). The predicted octanol–water partition coefficient (Wildman–Crippen LogP) is 3.25. The fourth-order valence-corrected chi connectivity index (χ4v) is 1.63. The molecule has 88 valence electrons. The molecule has 0 radical (unpaired) electrons. The van der Waals surface area contributed by atoms with Crippen LogP contribution in [0, 0.1) is 13.8 Å². The Morgan fingerprint density at radius 1 is 1.24 bits per heavy atom. The molecule has 0 saturated carbocycles. The van der Waals surface area contributed by atoms with Crippen molar-refractivity contribution in [2.75, 3.05) is 0 Å². The summed E-state index contributed by atoms with van der Waals surface area (Å²) in [6.45, 7) is 3.98. The molecule has 1 aromatic heterocycles. The van der Waals surface area contributed by atoms with Crippen molar-refractivity contribution < 1.29 is 13.9 Å². The van der Waals surface area contributed by atoms with Gasteiger partial charge in [0.05, 0.1) is 5.56 Å². The van der Waals surface area contributed by atoms with E-state index in [4.69, 9.17) is 9.15 Å². The number of carbonyl (C=O) groups is 1. The first-order valence-corrected chi connectivity index (χ1v) is 5.45. The van der Waals surface area contributed by atoms with E-state index in [0.29, 0.717) is 5.56 Å². The summed E-state index contributed by atoms with van der Waals surface area (Å²) in [5, 5.41) is 0. The molecule has 3 heteroatoms. The lowest BCUT2D eigenvalue weighted by Gasteiger charge is -2.03. The Morgan fingerprint density at radius 2 is 1.94 bits per heavy atom. The normalized spacial score (nSPS) is 10.2. The molecule has 0 aliphatic carbocycles. The van der Waals surface area contributed by atoms with E-state index in [9.17, 15) is 4.79 Å². The first-order valence-electron chi connectivity index (χ1n) is 5.45. The summed E-state index contributed by atoms with van der Waals surface area (Å²) >= 11 is 0. The smallest absolute Gasteiger partial charge is 0.338 e. The molecular formula is C14H14O3. The first kappa shape index (κ1) is 11.5. The maximum absolute atomic E-state index is 11.7. The Bertz CT molecular complexity index is 512. The molecule has 0 fully saturated rings. The number of aryl methyl sites for hydroxylation is 2. The molecule has 1 heterocycles. The molecule has 0 saturated heterocycles. The van der Waals surface area contributed by atoms with Crippen LogP contribution in [0.25, 0.3) is 0 Å². The van der Waals surface area contributed by atoms with E-state index in [0.717, 1.165) is 17.1 Å². The number of esters is 1. The SMILES string of the molecule is Cc1cc(COC(=O)c2ccccc2)c(C)o1. The summed E-state index contributed by atoms with van der Waals surface area (Å²) in [6, 6.07) is 10.8. The maximum atomic E-state index is 11.7. The number of furan rings is 1.